The SMILES string of the molecule is CC1(C)CS(=O)(=O)N(c2ccc(Cl)c(C(=O)Nc3cccc(C(=O)O)c3)c2)C1=O. The molecule has 8 nitrogen and oxygen atoms in total. The number of benzene rings is 2. The van der Waals surface area contributed by atoms with Crippen LogP contribution in [0.2, 0.25) is 5.02 Å². The standard InChI is InChI=1S/C19H17ClN2O6S/c1-19(2)10-29(27,28)22(18(19)26)13-6-7-15(20)14(9-13)16(23)21-12-5-3-4-11(8-12)17(24)25/h3-9H,10H2,1-2H3,(H,21,23)(H,24,25). The van der Waals surface area contributed by atoms with Gasteiger partial charge in [-0.05, 0) is 50.2 Å². The van der Waals surface area contributed by atoms with Gasteiger partial charge >= 0.3 is 5.97 Å². The molecule has 0 aromatic heterocycles. The fraction of sp³-hybridized carbons (Fsp3) is 0.211. The van der Waals surface area contributed by atoms with Crippen LogP contribution in [0.25, 0.3) is 0 Å². The van der Waals surface area contributed by atoms with Gasteiger partial charge in [-0.3, -0.25) is 9.59 Å². The van der Waals surface area contributed by atoms with Gasteiger partial charge in [0.25, 0.3) is 5.91 Å². The van der Waals surface area contributed by atoms with Gasteiger partial charge in [0.05, 0.1) is 33.0 Å². The van der Waals surface area contributed by atoms with Crippen LogP contribution < -0.4 is 9.62 Å². The molecule has 0 radical (unpaired) electrons. The lowest BCUT2D eigenvalue weighted by Crippen LogP contribution is -2.33. The number of rotatable bonds is 4. The van der Waals surface area contributed by atoms with Crippen molar-refractivity contribution in [3.05, 3.63) is 58.6 Å². The molecule has 2 aromatic rings. The second kappa shape index (κ2) is 7.16. The first-order chi connectivity index (χ1) is 13.4. The molecule has 3 rings (SSSR count). The number of aromatic carboxylic acids is 1. The van der Waals surface area contributed by atoms with Gasteiger partial charge in [-0.15, -0.1) is 0 Å². The lowest BCUT2D eigenvalue weighted by atomic mass is 9.95. The third-order valence-electron chi connectivity index (χ3n) is 4.38. The maximum atomic E-state index is 12.7. The Kier molecular flexibility index (Phi) is 5.14. The molecule has 1 heterocycles. The molecule has 0 saturated carbocycles. The van der Waals surface area contributed by atoms with E-state index in [4.69, 9.17) is 16.7 Å². The third kappa shape index (κ3) is 3.96. The van der Waals surface area contributed by atoms with Crippen LogP contribution in [0, 0.1) is 5.41 Å². The van der Waals surface area contributed by atoms with Crippen molar-refractivity contribution in [3.63, 3.8) is 0 Å². The Balaban J connectivity index is 1.96. The van der Waals surface area contributed by atoms with E-state index in [1.54, 1.807) is 0 Å². The zero-order valence-electron chi connectivity index (χ0n) is 15.5. The highest BCUT2D eigenvalue weighted by atomic mass is 35.5. The van der Waals surface area contributed by atoms with Crippen LogP contribution in [-0.4, -0.2) is 37.1 Å². The molecule has 0 atom stereocenters. The van der Waals surface area contributed by atoms with Crippen LogP contribution in [-0.2, 0) is 14.8 Å². The van der Waals surface area contributed by atoms with Crippen LogP contribution in [0.1, 0.15) is 34.6 Å². The number of carbonyl (C=O) groups is 3. The number of sulfonamides is 1. The summed E-state index contributed by atoms with van der Waals surface area (Å²) >= 11 is 6.10. The topological polar surface area (TPSA) is 121 Å². The molecule has 0 bridgehead atoms. The molecule has 2 amide bonds. The van der Waals surface area contributed by atoms with Gasteiger partial charge in [-0.25, -0.2) is 17.5 Å². The predicted octanol–water partition coefficient (Wildman–Crippen LogP) is 2.99. The summed E-state index contributed by atoms with van der Waals surface area (Å²) in [6.45, 7) is 3.07. The van der Waals surface area contributed by atoms with Gasteiger partial charge < -0.3 is 10.4 Å². The minimum Gasteiger partial charge on any atom is -0.478 e. The van der Waals surface area contributed by atoms with Gasteiger partial charge in [0.2, 0.25) is 15.9 Å². The molecular weight excluding hydrogens is 420 g/mol. The monoisotopic (exact) mass is 436 g/mol. The van der Waals surface area contributed by atoms with Crippen LogP contribution in [0.5, 0.6) is 0 Å². The summed E-state index contributed by atoms with van der Waals surface area (Å²) in [5, 5.41) is 11.6. The van der Waals surface area contributed by atoms with Crippen LogP contribution >= 0.6 is 11.6 Å². The number of carboxylic acids is 1. The number of halogens is 1. The number of amides is 2. The lowest BCUT2D eigenvalue weighted by Gasteiger charge is -2.18. The van der Waals surface area contributed by atoms with E-state index in [2.05, 4.69) is 5.32 Å². The minimum atomic E-state index is -3.88. The molecule has 10 heteroatoms. The summed E-state index contributed by atoms with van der Waals surface area (Å²) in [6, 6.07) is 9.50. The van der Waals surface area contributed by atoms with Crippen molar-refractivity contribution in [1.29, 1.82) is 0 Å². The zero-order chi connectivity index (χ0) is 21.6. The van der Waals surface area contributed by atoms with E-state index >= 15 is 0 Å². The number of anilines is 2. The molecule has 2 aromatic carbocycles. The molecular formula is C19H17ClN2O6S. The maximum absolute atomic E-state index is 12.7. The van der Waals surface area contributed by atoms with Gasteiger partial charge in [0, 0.05) is 5.69 Å². The Hall–Kier alpha value is -2.91. The van der Waals surface area contributed by atoms with E-state index in [1.165, 1.54) is 56.3 Å². The summed E-state index contributed by atoms with van der Waals surface area (Å²) in [7, 11) is -3.88. The van der Waals surface area contributed by atoms with Crippen molar-refractivity contribution in [2.45, 2.75) is 13.8 Å². The van der Waals surface area contributed by atoms with Gasteiger partial charge in [-0.1, -0.05) is 17.7 Å². The molecule has 1 aliphatic heterocycles. The van der Waals surface area contributed by atoms with Gasteiger partial charge in [0.1, 0.15) is 0 Å². The van der Waals surface area contributed by atoms with Crippen LogP contribution in [0.4, 0.5) is 11.4 Å². The summed E-state index contributed by atoms with van der Waals surface area (Å²) in [6.07, 6.45) is 0. The highest BCUT2D eigenvalue weighted by molar-refractivity contribution is 7.94. The van der Waals surface area contributed by atoms with Crippen molar-refractivity contribution in [1.82, 2.24) is 0 Å². The third-order valence-corrected chi connectivity index (χ3v) is 6.73. The highest BCUT2D eigenvalue weighted by Crippen LogP contribution is 2.37. The predicted molar refractivity (Wildman–Crippen MR) is 108 cm³/mol. The Bertz CT molecular complexity index is 1140. The van der Waals surface area contributed by atoms with Crippen LogP contribution in [0.3, 0.4) is 0 Å². The molecule has 1 aliphatic rings. The van der Waals surface area contributed by atoms with Crippen molar-refractivity contribution >= 4 is 50.8 Å². The summed E-state index contributed by atoms with van der Waals surface area (Å²) in [4.78, 5) is 36.3. The molecule has 0 aliphatic carbocycles. The molecule has 152 valence electrons. The average Bonchev–Trinajstić information content (AvgIpc) is 2.78. The van der Waals surface area contributed by atoms with E-state index in [0.29, 0.717) is 4.31 Å². The summed E-state index contributed by atoms with van der Waals surface area (Å²) in [5.74, 6) is -2.77. The van der Waals surface area contributed by atoms with Crippen molar-refractivity contribution in [2.24, 2.45) is 5.41 Å². The largest absolute Gasteiger partial charge is 0.478 e. The van der Waals surface area contributed by atoms with Crippen LogP contribution in [0.15, 0.2) is 42.5 Å². The normalized spacial score (nSPS) is 17.2. The van der Waals surface area contributed by atoms with Gasteiger partial charge in [-0.2, -0.15) is 0 Å². The molecule has 1 fully saturated rings. The second-order valence-electron chi connectivity index (χ2n) is 7.21. The van der Waals surface area contributed by atoms with E-state index in [0.717, 1.165) is 0 Å². The Morgan fingerprint density at radius 3 is 2.45 bits per heavy atom. The number of carbonyl (C=O) groups excluding carboxylic acids is 2. The number of nitrogens with one attached hydrogen (secondary N) is 1. The smallest absolute Gasteiger partial charge is 0.335 e. The van der Waals surface area contributed by atoms with Crippen molar-refractivity contribution < 1.29 is 27.9 Å². The number of nitrogens with zero attached hydrogens (tertiary/aromatic N) is 1. The number of carboxylic acid groups (broad SMARTS) is 1. The van der Waals surface area contributed by atoms with E-state index in [1.807, 2.05) is 0 Å². The number of hydrogen-bond donors (Lipinski definition) is 2. The summed E-state index contributed by atoms with van der Waals surface area (Å²) in [5.41, 5.74) is -0.925. The first-order valence-electron chi connectivity index (χ1n) is 8.44. The lowest BCUT2D eigenvalue weighted by molar-refractivity contribution is -0.123. The zero-order valence-corrected chi connectivity index (χ0v) is 17.0. The summed E-state index contributed by atoms with van der Waals surface area (Å²) < 4.78 is 25.6. The van der Waals surface area contributed by atoms with E-state index < -0.39 is 33.2 Å². The van der Waals surface area contributed by atoms with E-state index in [9.17, 15) is 22.8 Å². The minimum absolute atomic E-state index is 0.00871. The molecule has 2 N–H and O–H groups in total. The van der Waals surface area contributed by atoms with E-state index in [-0.39, 0.29) is 33.3 Å². The highest BCUT2D eigenvalue weighted by Gasteiger charge is 2.50. The second-order valence-corrected chi connectivity index (χ2v) is 9.44. The van der Waals surface area contributed by atoms with Crippen molar-refractivity contribution in [2.75, 3.05) is 15.4 Å². The quantitative estimate of drug-likeness (QED) is 0.759. The molecule has 1 saturated heterocycles. The van der Waals surface area contributed by atoms with Crippen molar-refractivity contribution in [3.8, 4) is 0 Å². The molecule has 0 spiro atoms. The average molecular weight is 437 g/mol. The maximum Gasteiger partial charge on any atom is 0.335 e. The Morgan fingerprint density at radius 2 is 1.86 bits per heavy atom. The Morgan fingerprint density at radius 1 is 1.17 bits per heavy atom. The Labute approximate surface area is 172 Å². The fourth-order valence-corrected chi connectivity index (χ4v) is 5.31. The number of hydrogen-bond acceptors (Lipinski definition) is 5. The molecule has 0 unspecified atom stereocenters. The van der Waals surface area contributed by atoms with Gasteiger partial charge in [0.15, 0.2) is 0 Å². The fourth-order valence-electron chi connectivity index (χ4n) is 3.00. The first kappa shape index (κ1) is 20.8. The molecule has 29 heavy (non-hydrogen) atoms. The first-order valence-corrected chi connectivity index (χ1v) is 10.4.